The molecule has 2 atom stereocenters. The van der Waals surface area contributed by atoms with Gasteiger partial charge in [0.15, 0.2) is 0 Å². The molecule has 4 nitrogen and oxygen atoms in total. The van der Waals surface area contributed by atoms with Gasteiger partial charge in [0.25, 0.3) is 0 Å². The van der Waals surface area contributed by atoms with Gasteiger partial charge in [0.1, 0.15) is 6.10 Å². The van der Waals surface area contributed by atoms with Crippen LogP contribution in [0.5, 0.6) is 0 Å². The molecule has 0 aliphatic carbocycles. The van der Waals surface area contributed by atoms with Crippen LogP contribution in [0.15, 0.2) is 0 Å². The lowest BCUT2D eigenvalue weighted by atomic mass is 10.2. The van der Waals surface area contributed by atoms with E-state index in [9.17, 15) is 10.1 Å². The molecule has 0 amide bonds. The van der Waals surface area contributed by atoms with Gasteiger partial charge in [0.2, 0.25) is 0 Å². The average molecular weight is 154 g/mol. The Morgan fingerprint density at radius 1 is 1.89 bits per heavy atom. The minimum absolute atomic E-state index is 0.723. The Kier molecular flexibility index (Phi) is 2.40. The topological polar surface area (TPSA) is 63.4 Å². The number of alkyl halides is 1. The Hall–Kier alpha value is -0.350. The van der Waals surface area contributed by atoms with E-state index in [1.54, 1.807) is 0 Å². The summed E-state index contributed by atoms with van der Waals surface area (Å²) in [6, 6.07) is 0. The third kappa shape index (κ3) is 1.80. The number of halogens is 1. The van der Waals surface area contributed by atoms with Crippen LogP contribution < -0.4 is 0 Å². The largest absolute Gasteiger partial charge is 0.384 e. The first-order valence-electron chi connectivity index (χ1n) is 2.40. The third-order valence-corrected chi connectivity index (χ3v) is 1.57. The maximum atomic E-state index is 9.98. The Bertz CT molecular complexity index is 123. The van der Waals surface area contributed by atoms with Crippen LogP contribution in [0.2, 0.25) is 0 Å². The third-order valence-electron chi connectivity index (χ3n) is 1.12. The monoisotopic (exact) mass is 153 g/mol. The molecule has 0 rings (SSSR count). The van der Waals surface area contributed by atoms with Gasteiger partial charge in [0, 0.05) is 11.8 Å². The first-order valence-corrected chi connectivity index (χ1v) is 2.78. The van der Waals surface area contributed by atoms with Crippen LogP contribution in [-0.4, -0.2) is 21.1 Å². The van der Waals surface area contributed by atoms with E-state index in [2.05, 4.69) is 0 Å². The van der Waals surface area contributed by atoms with Crippen molar-refractivity contribution >= 4 is 11.6 Å². The molecule has 0 aliphatic heterocycles. The molecule has 0 bridgehead atoms. The number of hydrogen-bond acceptors (Lipinski definition) is 3. The van der Waals surface area contributed by atoms with E-state index < -0.39 is 16.0 Å². The molecule has 0 aromatic heterocycles. The van der Waals surface area contributed by atoms with Gasteiger partial charge in [-0.25, -0.2) is 0 Å². The summed E-state index contributed by atoms with van der Waals surface area (Å²) < 4.78 is 0. The SMILES string of the molecule is CC(O)C(C)(Cl)[N+](=O)[O-]. The van der Waals surface area contributed by atoms with Crippen molar-refractivity contribution < 1.29 is 10.0 Å². The molecule has 0 aromatic rings. The number of hydrogen-bond donors (Lipinski definition) is 1. The number of nitrogens with zero attached hydrogens (tertiary/aromatic N) is 1. The zero-order chi connectivity index (χ0) is 7.65. The smallest absolute Gasteiger partial charge is 0.317 e. The van der Waals surface area contributed by atoms with Crippen molar-refractivity contribution in [2.75, 3.05) is 0 Å². The lowest BCUT2D eigenvalue weighted by Gasteiger charge is -2.14. The van der Waals surface area contributed by atoms with Crippen molar-refractivity contribution in [3.8, 4) is 0 Å². The normalized spacial score (nSPS) is 20.4. The van der Waals surface area contributed by atoms with E-state index in [1.807, 2.05) is 0 Å². The molecule has 5 heteroatoms. The Morgan fingerprint density at radius 2 is 2.22 bits per heavy atom. The van der Waals surface area contributed by atoms with Crippen LogP contribution >= 0.6 is 11.6 Å². The maximum Gasteiger partial charge on any atom is 0.317 e. The van der Waals surface area contributed by atoms with Crippen LogP contribution in [0.4, 0.5) is 0 Å². The Balaban J connectivity index is 4.19. The molecule has 9 heavy (non-hydrogen) atoms. The van der Waals surface area contributed by atoms with E-state index in [1.165, 1.54) is 6.92 Å². The predicted molar refractivity (Wildman–Crippen MR) is 32.9 cm³/mol. The first kappa shape index (κ1) is 8.65. The highest BCUT2D eigenvalue weighted by Gasteiger charge is 2.39. The molecule has 0 saturated heterocycles. The Labute approximate surface area is 57.6 Å². The predicted octanol–water partition coefficient (Wildman–Crippen LogP) is 0.599. The molecule has 54 valence electrons. The van der Waals surface area contributed by atoms with E-state index in [0.29, 0.717) is 0 Å². The second-order valence-corrected chi connectivity index (χ2v) is 2.72. The number of aliphatic hydroxyl groups is 1. The summed E-state index contributed by atoms with van der Waals surface area (Å²) in [6.45, 7) is 2.43. The van der Waals surface area contributed by atoms with E-state index >= 15 is 0 Å². The second-order valence-electron chi connectivity index (χ2n) is 1.96. The average Bonchev–Trinajstić information content (AvgIpc) is 1.65. The molecule has 1 N–H and O–H groups in total. The summed E-state index contributed by atoms with van der Waals surface area (Å²) in [6.07, 6.45) is -1.14. The summed E-state index contributed by atoms with van der Waals surface area (Å²) in [5.74, 6) is 0. The van der Waals surface area contributed by atoms with Crippen molar-refractivity contribution in [1.29, 1.82) is 0 Å². The van der Waals surface area contributed by atoms with Crippen molar-refractivity contribution in [2.45, 2.75) is 24.9 Å². The second kappa shape index (κ2) is 2.49. The molecule has 2 unspecified atom stereocenters. The molecule has 0 fully saturated rings. The fourth-order valence-electron chi connectivity index (χ4n) is 0.153. The number of aliphatic hydroxyl groups excluding tert-OH is 1. The molecule has 0 spiro atoms. The zero-order valence-electron chi connectivity index (χ0n) is 5.17. The Morgan fingerprint density at radius 3 is 2.22 bits per heavy atom. The lowest BCUT2D eigenvalue weighted by Crippen LogP contribution is -2.39. The standard InChI is InChI=1S/C4H8ClNO3/c1-3(7)4(2,5)6(8)9/h3,7H,1-2H3. The van der Waals surface area contributed by atoms with Gasteiger partial charge in [-0.2, -0.15) is 0 Å². The van der Waals surface area contributed by atoms with Crippen LogP contribution in [0.1, 0.15) is 13.8 Å². The van der Waals surface area contributed by atoms with E-state index in [-0.39, 0.29) is 0 Å². The van der Waals surface area contributed by atoms with Gasteiger partial charge < -0.3 is 5.11 Å². The van der Waals surface area contributed by atoms with Crippen molar-refractivity contribution in [3.05, 3.63) is 10.1 Å². The van der Waals surface area contributed by atoms with Gasteiger partial charge in [-0.3, -0.25) is 10.1 Å². The van der Waals surface area contributed by atoms with Crippen LogP contribution in [-0.2, 0) is 0 Å². The van der Waals surface area contributed by atoms with Gasteiger partial charge in [0.05, 0.1) is 0 Å². The van der Waals surface area contributed by atoms with Crippen molar-refractivity contribution in [1.82, 2.24) is 0 Å². The van der Waals surface area contributed by atoms with E-state index in [0.717, 1.165) is 6.92 Å². The fourth-order valence-corrected chi connectivity index (χ4v) is 0.153. The first-order chi connectivity index (χ1) is 3.89. The van der Waals surface area contributed by atoms with Gasteiger partial charge >= 0.3 is 5.00 Å². The van der Waals surface area contributed by atoms with Crippen LogP contribution in [0, 0.1) is 10.1 Å². The molecule has 0 aromatic carbocycles. The summed E-state index contributed by atoms with van der Waals surface area (Å²) in [5.41, 5.74) is 0. The van der Waals surface area contributed by atoms with Crippen LogP contribution in [0.25, 0.3) is 0 Å². The quantitative estimate of drug-likeness (QED) is 0.274. The maximum absolute atomic E-state index is 9.98. The molecular formula is C4H8ClNO3. The highest BCUT2D eigenvalue weighted by molar-refractivity contribution is 6.22. The minimum atomic E-state index is -1.75. The van der Waals surface area contributed by atoms with Gasteiger partial charge in [-0.05, 0) is 18.5 Å². The number of rotatable bonds is 2. The van der Waals surface area contributed by atoms with Gasteiger partial charge in [-0.15, -0.1) is 0 Å². The zero-order valence-corrected chi connectivity index (χ0v) is 5.92. The van der Waals surface area contributed by atoms with Gasteiger partial charge in [-0.1, -0.05) is 0 Å². The van der Waals surface area contributed by atoms with E-state index in [4.69, 9.17) is 16.7 Å². The highest BCUT2D eigenvalue weighted by Crippen LogP contribution is 2.18. The van der Waals surface area contributed by atoms with Crippen molar-refractivity contribution in [2.24, 2.45) is 0 Å². The summed E-state index contributed by atoms with van der Waals surface area (Å²) in [5, 5.41) is 18.7. The molecule has 0 radical (unpaired) electrons. The molecule has 0 heterocycles. The van der Waals surface area contributed by atoms with Crippen LogP contribution in [0.3, 0.4) is 0 Å². The number of nitro groups is 1. The highest BCUT2D eigenvalue weighted by atomic mass is 35.5. The van der Waals surface area contributed by atoms with Crippen molar-refractivity contribution in [3.63, 3.8) is 0 Å². The molecular weight excluding hydrogens is 146 g/mol. The summed E-state index contributed by atoms with van der Waals surface area (Å²) >= 11 is 5.26. The molecule has 0 aliphatic rings. The summed E-state index contributed by atoms with van der Waals surface area (Å²) in [7, 11) is 0. The summed E-state index contributed by atoms with van der Waals surface area (Å²) in [4.78, 5) is 7.50. The molecule has 0 saturated carbocycles. The minimum Gasteiger partial charge on any atom is -0.384 e. The fraction of sp³-hybridized carbons (Fsp3) is 1.00. The lowest BCUT2D eigenvalue weighted by molar-refractivity contribution is -0.548.